The van der Waals surface area contributed by atoms with Gasteiger partial charge in [0.05, 0.1) is 16.3 Å². The van der Waals surface area contributed by atoms with Gasteiger partial charge in [-0.05, 0) is 70.8 Å². The molecule has 5 rings (SSSR count). The monoisotopic (exact) mass is 610 g/mol. The van der Waals surface area contributed by atoms with Crippen molar-refractivity contribution in [1.29, 1.82) is 0 Å². The van der Waals surface area contributed by atoms with Crippen LogP contribution in [0.1, 0.15) is 22.5 Å². The first-order valence-electron chi connectivity index (χ1n) is 12.5. The fourth-order valence-corrected chi connectivity index (χ4v) is 5.36. The Labute approximate surface area is 248 Å². The molecule has 0 aliphatic carbocycles. The molecule has 9 heteroatoms. The summed E-state index contributed by atoms with van der Waals surface area (Å²) in [5.41, 5.74) is 3.78. The third kappa shape index (κ3) is 6.99. The fourth-order valence-electron chi connectivity index (χ4n) is 4.33. The summed E-state index contributed by atoms with van der Waals surface area (Å²) in [5, 5.41) is 1.01. The highest BCUT2D eigenvalue weighted by atomic mass is 35.5. The third-order valence-corrected chi connectivity index (χ3v) is 7.97. The van der Waals surface area contributed by atoms with E-state index >= 15 is 0 Å². The Morgan fingerprint density at radius 2 is 1.61 bits per heavy atom. The molecule has 0 spiro atoms. The van der Waals surface area contributed by atoms with Crippen molar-refractivity contribution < 1.29 is 17.4 Å². The summed E-state index contributed by atoms with van der Waals surface area (Å²) in [6.07, 6.45) is 2.93. The van der Waals surface area contributed by atoms with Gasteiger partial charge in [-0.3, -0.25) is 4.21 Å². The zero-order valence-corrected chi connectivity index (χ0v) is 24.0. The number of alkyl halides is 3. The molecule has 5 aromatic rings. The number of nitrogens with zero attached hydrogens (tertiary/aromatic N) is 2. The Bertz CT molecular complexity index is 1740. The Kier molecular flexibility index (Phi) is 8.50. The van der Waals surface area contributed by atoms with Crippen LogP contribution in [0, 0.1) is 0 Å². The number of hydrogen-bond donors (Lipinski definition) is 0. The summed E-state index contributed by atoms with van der Waals surface area (Å²) < 4.78 is 53.2. The van der Waals surface area contributed by atoms with E-state index in [2.05, 4.69) is 0 Å². The second kappa shape index (κ2) is 12.1. The zero-order valence-electron chi connectivity index (χ0n) is 21.7. The maximum Gasteiger partial charge on any atom is 0.416 e. The van der Waals surface area contributed by atoms with Crippen LogP contribution in [0.15, 0.2) is 102 Å². The lowest BCUT2D eigenvalue weighted by Crippen LogP contribution is -2.04. The Morgan fingerprint density at radius 1 is 0.878 bits per heavy atom. The van der Waals surface area contributed by atoms with E-state index in [0.29, 0.717) is 39.2 Å². The van der Waals surface area contributed by atoms with Crippen LogP contribution in [-0.2, 0) is 23.5 Å². The van der Waals surface area contributed by atoms with Crippen molar-refractivity contribution >= 4 is 46.2 Å². The fraction of sp³-hybridized carbons (Fsp3) is 0.0938. The van der Waals surface area contributed by atoms with Crippen LogP contribution >= 0.6 is 23.2 Å². The second-order valence-corrected chi connectivity index (χ2v) is 11.6. The topological polar surface area (TPSA) is 34.9 Å². The van der Waals surface area contributed by atoms with E-state index < -0.39 is 22.5 Å². The van der Waals surface area contributed by atoms with E-state index in [1.165, 1.54) is 6.07 Å². The van der Waals surface area contributed by atoms with Crippen molar-refractivity contribution in [1.82, 2.24) is 9.55 Å². The molecule has 3 nitrogen and oxygen atoms in total. The van der Waals surface area contributed by atoms with Gasteiger partial charge in [0.15, 0.2) is 0 Å². The standard InChI is InChI=1S/C32H23Cl2F3N2OS/c1-41(40)27-13-7-22(8-14-27)19-39-20-30(28-15-12-26(33)18-29(28)34)38-31(39)16-9-21-5-10-23(11-6-21)24-3-2-4-25(17-24)32(35,36)37/h2-18,20H,19H2,1H3/b16-9+. The van der Waals surface area contributed by atoms with Gasteiger partial charge in [-0.15, -0.1) is 0 Å². The summed E-state index contributed by atoms with van der Waals surface area (Å²) in [6.45, 7) is 0.517. The summed E-state index contributed by atoms with van der Waals surface area (Å²) in [6, 6.07) is 25.4. The lowest BCUT2D eigenvalue weighted by atomic mass is 10.0. The maximum absolute atomic E-state index is 13.1. The van der Waals surface area contributed by atoms with E-state index in [9.17, 15) is 17.4 Å². The summed E-state index contributed by atoms with van der Waals surface area (Å²) in [4.78, 5) is 5.57. The minimum Gasteiger partial charge on any atom is -0.326 e. The van der Waals surface area contributed by atoms with Gasteiger partial charge >= 0.3 is 6.18 Å². The SMILES string of the molecule is CS(=O)c1ccc(Cn2cc(-c3ccc(Cl)cc3Cl)nc2/C=C/c2ccc(-c3cccc(C(F)(F)F)c3)cc2)cc1. The number of imidazole rings is 1. The summed E-state index contributed by atoms with van der Waals surface area (Å²) >= 11 is 12.5. The molecule has 0 bridgehead atoms. The molecule has 0 radical (unpaired) electrons. The number of halogens is 5. The van der Waals surface area contributed by atoms with E-state index in [1.54, 1.807) is 36.6 Å². The van der Waals surface area contributed by atoms with E-state index in [1.807, 2.05) is 65.4 Å². The first-order chi connectivity index (χ1) is 19.6. The third-order valence-electron chi connectivity index (χ3n) is 6.48. The molecule has 1 atom stereocenters. The van der Waals surface area contributed by atoms with Crippen LogP contribution in [0.25, 0.3) is 34.5 Å². The van der Waals surface area contributed by atoms with Crippen molar-refractivity contribution in [2.24, 2.45) is 0 Å². The highest BCUT2D eigenvalue weighted by molar-refractivity contribution is 7.84. The average Bonchev–Trinajstić information content (AvgIpc) is 3.34. The van der Waals surface area contributed by atoms with Crippen LogP contribution in [0.4, 0.5) is 13.2 Å². The molecule has 0 saturated carbocycles. The highest BCUT2D eigenvalue weighted by Crippen LogP contribution is 2.33. The van der Waals surface area contributed by atoms with Gasteiger partial charge in [0.1, 0.15) is 5.82 Å². The first-order valence-corrected chi connectivity index (χ1v) is 14.8. The number of aromatic nitrogens is 2. The van der Waals surface area contributed by atoms with Crippen LogP contribution < -0.4 is 0 Å². The van der Waals surface area contributed by atoms with Crippen LogP contribution in [-0.4, -0.2) is 20.0 Å². The minimum atomic E-state index is -4.40. The summed E-state index contributed by atoms with van der Waals surface area (Å²) in [7, 11) is -1.06. The second-order valence-electron chi connectivity index (χ2n) is 9.37. The van der Waals surface area contributed by atoms with Gasteiger partial charge in [0.2, 0.25) is 0 Å². The average molecular weight is 612 g/mol. The predicted octanol–water partition coefficient (Wildman–Crippen LogP) is 9.50. The Hall–Kier alpha value is -3.65. The van der Waals surface area contributed by atoms with Crippen molar-refractivity contribution in [3.8, 4) is 22.4 Å². The van der Waals surface area contributed by atoms with Crippen LogP contribution in [0.3, 0.4) is 0 Å². The van der Waals surface area contributed by atoms with Crippen molar-refractivity contribution in [2.75, 3.05) is 6.26 Å². The molecule has 208 valence electrons. The molecule has 1 heterocycles. The van der Waals surface area contributed by atoms with Crippen molar-refractivity contribution in [3.05, 3.63) is 130 Å². The zero-order chi connectivity index (χ0) is 29.1. The lowest BCUT2D eigenvalue weighted by Gasteiger charge is -2.09. The minimum absolute atomic E-state index is 0.484. The van der Waals surface area contributed by atoms with Gasteiger partial charge in [-0.2, -0.15) is 13.2 Å². The van der Waals surface area contributed by atoms with Crippen LogP contribution in [0.2, 0.25) is 10.0 Å². The molecule has 0 aliphatic rings. The van der Waals surface area contributed by atoms with Gasteiger partial charge in [0.25, 0.3) is 0 Å². The molecule has 1 aromatic heterocycles. The molecule has 0 amide bonds. The molecular weight excluding hydrogens is 588 g/mol. The molecular formula is C32H23Cl2F3N2OS. The van der Waals surface area contributed by atoms with Gasteiger partial charge in [0, 0.05) is 45.3 Å². The van der Waals surface area contributed by atoms with Gasteiger partial charge < -0.3 is 4.57 Å². The van der Waals surface area contributed by atoms with Crippen molar-refractivity contribution in [2.45, 2.75) is 17.6 Å². The van der Waals surface area contributed by atoms with E-state index in [0.717, 1.165) is 33.7 Å². The van der Waals surface area contributed by atoms with Gasteiger partial charge in [-0.1, -0.05) is 77.8 Å². The molecule has 0 fully saturated rings. The number of benzene rings is 4. The largest absolute Gasteiger partial charge is 0.416 e. The molecule has 1 unspecified atom stereocenters. The Balaban J connectivity index is 1.44. The first kappa shape index (κ1) is 28.9. The van der Waals surface area contributed by atoms with Crippen LogP contribution in [0.5, 0.6) is 0 Å². The maximum atomic E-state index is 13.1. The quantitative estimate of drug-likeness (QED) is 0.184. The number of rotatable bonds is 7. The molecule has 0 saturated heterocycles. The lowest BCUT2D eigenvalue weighted by molar-refractivity contribution is -0.137. The Morgan fingerprint density at radius 3 is 2.27 bits per heavy atom. The van der Waals surface area contributed by atoms with Gasteiger partial charge in [-0.25, -0.2) is 4.98 Å². The highest BCUT2D eigenvalue weighted by Gasteiger charge is 2.30. The van der Waals surface area contributed by atoms with Crippen molar-refractivity contribution in [3.63, 3.8) is 0 Å². The molecule has 41 heavy (non-hydrogen) atoms. The molecule has 0 N–H and O–H groups in total. The molecule has 0 aliphatic heterocycles. The smallest absolute Gasteiger partial charge is 0.326 e. The van der Waals surface area contributed by atoms with E-state index in [4.69, 9.17) is 28.2 Å². The predicted molar refractivity (Wildman–Crippen MR) is 161 cm³/mol. The normalized spacial score (nSPS) is 12.6. The molecule has 4 aromatic carbocycles. The number of hydrogen-bond acceptors (Lipinski definition) is 2. The van der Waals surface area contributed by atoms with E-state index in [-0.39, 0.29) is 0 Å². The summed E-state index contributed by atoms with van der Waals surface area (Å²) in [5.74, 6) is 0.677.